The van der Waals surface area contributed by atoms with Crippen LogP contribution in [0.1, 0.15) is 95.5 Å². The molecule has 4 atom stereocenters. The quantitative estimate of drug-likeness (QED) is 0.292. The van der Waals surface area contributed by atoms with Crippen LogP contribution in [-0.2, 0) is 19.1 Å². The molecule has 0 aliphatic carbocycles. The van der Waals surface area contributed by atoms with Gasteiger partial charge in [0.05, 0.1) is 0 Å². The van der Waals surface area contributed by atoms with Crippen molar-refractivity contribution >= 4 is 11.9 Å². The second-order valence-corrected chi connectivity index (χ2v) is 9.60. The molecule has 2 saturated heterocycles. The fraction of sp³-hybridized carbons (Fsp3) is 0.704. The van der Waals surface area contributed by atoms with Gasteiger partial charge in [-0.3, -0.25) is 9.59 Å². The molecule has 0 spiro atoms. The number of benzene rings is 1. The average molecular weight is 444 g/mol. The Morgan fingerprint density at radius 3 is 2.25 bits per heavy atom. The lowest BCUT2D eigenvalue weighted by atomic mass is 9.98. The van der Waals surface area contributed by atoms with E-state index in [2.05, 4.69) is 18.9 Å². The zero-order valence-corrected chi connectivity index (χ0v) is 20.0. The Bertz CT molecular complexity index is 693. The van der Waals surface area contributed by atoms with Crippen LogP contribution >= 0.6 is 0 Å². The second-order valence-electron chi connectivity index (χ2n) is 9.60. The van der Waals surface area contributed by atoms with E-state index in [4.69, 9.17) is 9.47 Å². The van der Waals surface area contributed by atoms with E-state index in [1.165, 1.54) is 44.9 Å². The highest BCUT2D eigenvalue weighted by atomic mass is 16.6. The van der Waals surface area contributed by atoms with Gasteiger partial charge in [0.25, 0.3) is 0 Å². The standard InChI is InChI=1S/C27H41NO4/c1-3-4-5-6-7-8-12-15-26(29)31-20-25(21-13-10-9-11-14-21)27(30)32-24-18-22-16-17-23(19-24)28(22)2/h9-11,13-14,22-25H,3-8,12,15-20H2,1-2H3/t22-,23+,24?,25?. The molecule has 2 fully saturated rings. The van der Waals surface area contributed by atoms with Gasteiger partial charge in [0.15, 0.2) is 0 Å². The lowest BCUT2D eigenvalue weighted by Crippen LogP contribution is -2.44. The van der Waals surface area contributed by atoms with Crippen molar-refractivity contribution in [3.05, 3.63) is 35.9 Å². The number of hydrogen-bond donors (Lipinski definition) is 0. The van der Waals surface area contributed by atoms with Crippen molar-refractivity contribution < 1.29 is 19.1 Å². The zero-order chi connectivity index (χ0) is 22.8. The first-order valence-electron chi connectivity index (χ1n) is 12.7. The molecule has 178 valence electrons. The SMILES string of the molecule is CCCCCCCCCC(=O)OCC(C(=O)OC1C[C@H]2CC[C@@H](C1)N2C)c1ccccc1. The van der Waals surface area contributed by atoms with Crippen molar-refractivity contribution in [3.63, 3.8) is 0 Å². The van der Waals surface area contributed by atoms with Crippen molar-refractivity contribution in [1.82, 2.24) is 4.90 Å². The summed E-state index contributed by atoms with van der Waals surface area (Å²) >= 11 is 0. The summed E-state index contributed by atoms with van der Waals surface area (Å²) in [6.45, 7) is 2.27. The number of carbonyl (C=O) groups is 2. The van der Waals surface area contributed by atoms with Crippen molar-refractivity contribution in [3.8, 4) is 0 Å². The highest BCUT2D eigenvalue weighted by molar-refractivity contribution is 5.79. The predicted octanol–water partition coefficient (Wildman–Crippen LogP) is 5.62. The van der Waals surface area contributed by atoms with Gasteiger partial charge < -0.3 is 14.4 Å². The maximum absolute atomic E-state index is 13.1. The fourth-order valence-corrected chi connectivity index (χ4v) is 5.16. The number of unbranched alkanes of at least 4 members (excludes halogenated alkanes) is 6. The number of ether oxygens (including phenoxy) is 2. The molecule has 1 aromatic carbocycles. The lowest BCUT2D eigenvalue weighted by molar-refractivity contribution is -0.158. The molecule has 2 unspecified atom stereocenters. The summed E-state index contributed by atoms with van der Waals surface area (Å²) in [4.78, 5) is 27.8. The van der Waals surface area contributed by atoms with Gasteiger partial charge in [0.1, 0.15) is 18.6 Å². The van der Waals surface area contributed by atoms with Gasteiger partial charge in [0.2, 0.25) is 0 Å². The highest BCUT2D eigenvalue weighted by Crippen LogP contribution is 2.36. The number of nitrogens with zero attached hydrogens (tertiary/aromatic N) is 1. The third-order valence-electron chi connectivity index (χ3n) is 7.22. The largest absolute Gasteiger partial charge is 0.464 e. The Balaban J connectivity index is 1.46. The Morgan fingerprint density at radius 2 is 1.59 bits per heavy atom. The van der Waals surface area contributed by atoms with Crippen LogP contribution < -0.4 is 0 Å². The molecule has 2 aliphatic heterocycles. The third kappa shape index (κ3) is 7.33. The molecular formula is C27H41NO4. The summed E-state index contributed by atoms with van der Waals surface area (Å²) in [7, 11) is 2.18. The van der Waals surface area contributed by atoms with Gasteiger partial charge in [-0.25, -0.2) is 0 Å². The third-order valence-corrected chi connectivity index (χ3v) is 7.22. The molecule has 2 aliphatic rings. The second kappa shape index (κ2) is 13.0. The summed E-state index contributed by atoms with van der Waals surface area (Å²) in [5.41, 5.74) is 0.845. The number of carbonyl (C=O) groups excluding carboxylic acids is 2. The Labute approximate surface area is 193 Å². The van der Waals surface area contributed by atoms with Gasteiger partial charge in [-0.2, -0.15) is 0 Å². The van der Waals surface area contributed by atoms with Crippen LogP contribution in [0.15, 0.2) is 30.3 Å². The first-order chi connectivity index (χ1) is 15.6. The maximum Gasteiger partial charge on any atom is 0.317 e. The molecule has 1 aromatic rings. The number of fused-ring (bicyclic) bond motifs is 2. The number of rotatable bonds is 13. The van der Waals surface area contributed by atoms with Crippen molar-refractivity contribution in [2.75, 3.05) is 13.7 Å². The number of esters is 2. The van der Waals surface area contributed by atoms with E-state index < -0.39 is 5.92 Å². The zero-order valence-electron chi connectivity index (χ0n) is 20.0. The molecule has 3 rings (SSSR count). The predicted molar refractivity (Wildman–Crippen MR) is 126 cm³/mol. The van der Waals surface area contributed by atoms with E-state index in [1.807, 2.05) is 30.3 Å². The van der Waals surface area contributed by atoms with E-state index in [0.29, 0.717) is 18.5 Å². The smallest absolute Gasteiger partial charge is 0.317 e. The van der Waals surface area contributed by atoms with E-state index in [-0.39, 0.29) is 24.6 Å². The Morgan fingerprint density at radius 1 is 0.969 bits per heavy atom. The maximum atomic E-state index is 13.1. The van der Waals surface area contributed by atoms with Gasteiger partial charge in [-0.05, 0) is 44.7 Å². The van der Waals surface area contributed by atoms with Gasteiger partial charge >= 0.3 is 11.9 Å². The Kier molecular flexibility index (Phi) is 10.0. The molecule has 2 heterocycles. The van der Waals surface area contributed by atoms with Crippen LogP contribution in [0.25, 0.3) is 0 Å². The summed E-state index contributed by atoms with van der Waals surface area (Å²) in [5.74, 6) is -1.05. The minimum Gasteiger partial charge on any atom is -0.464 e. The van der Waals surface area contributed by atoms with Gasteiger partial charge in [0, 0.05) is 18.5 Å². The fourth-order valence-electron chi connectivity index (χ4n) is 5.16. The summed E-state index contributed by atoms with van der Waals surface area (Å²) in [5, 5.41) is 0. The molecule has 5 nitrogen and oxygen atoms in total. The van der Waals surface area contributed by atoms with Crippen LogP contribution in [0, 0.1) is 0 Å². The molecule has 0 radical (unpaired) electrons. The summed E-state index contributed by atoms with van der Waals surface area (Å²) < 4.78 is 11.5. The van der Waals surface area contributed by atoms with Crippen LogP contribution in [-0.4, -0.2) is 48.7 Å². The molecular weight excluding hydrogens is 402 g/mol. The first-order valence-corrected chi connectivity index (χ1v) is 12.7. The number of hydrogen-bond acceptors (Lipinski definition) is 5. The normalized spacial score (nSPS) is 23.6. The molecule has 5 heteroatoms. The minimum atomic E-state index is -0.563. The van der Waals surface area contributed by atoms with E-state index in [9.17, 15) is 9.59 Å². The topological polar surface area (TPSA) is 55.8 Å². The minimum absolute atomic E-state index is 0.0363. The molecule has 0 N–H and O–H groups in total. The Hall–Kier alpha value is -1.88. The van der Waals surface area contributed by atoms with Gasteiger partial charge in [-0.15, -0.1) is 0 Å². The van der Waals surface area contributed by atoms with E-state index >= 15 is 0 Å². The molecule has 32 heavy (non-hydrogen) atoms. The summed E-state index contributed by atoms with van der Waals surface area (Å²) in [6.07, 6.45) is 12.7. The molecule has 0 amide bonds. The molecule has 0 aromatic heterocycles. The van der Waals surface area contributed by atoms with Crippen LogP contribution in [0.3, 0.4) is 0 Å². The average Bonchev–Trinajstić information content (AvgIpc) is 2.99. The highest BCUT2D eigenvalue weighted by Gasteiger charge is 2.40. The van der Waals surface area contributed by atoms with Crippen molar-refractivity contribution in [1.29, 1.82) is 0 Å². The lowest BCUT2D eigenvalue weighted by Gasteiger charge is -2.36. The van der Waals surface area contributed by atoms with Crippen LogP contribution in [0.4, 0.5) is 0 Å². The molecule has 2 bridgehead atoms. The van der Waals surface area contributed by atoms with E-state index in [0.717, 1.165) is 31.2 Å². The van der Waals surface area contributed by atoms with Crippen LogP contribution in [0.2, 0.25) is 0 Å². The summed E-state index contributed by atoms with van der Waals surface area (Å²) in [6, 6.07) is 10.6. The molecule has 0 saturated carbocycles. The monoisotopic (exact) mass is 443 g/mol. The van der Waals surface area contributed by atoms with Crippen molar-refractivity contribution in [2.45, 2.75) is 108 Å². The van der Waals surface area contributed by atoms with E-state index in [1.54, 1.807) is 0 Å². The first kappa shape index (κ1) is 24.8. The van der Waals surface area contributed by atoms with Crippen molar-refractivity contribution in [2.24, 2.45) is 0 Å². The van der Waals surface area contributed by atoms with Gasteiger partial charge in [-0.1, -0.05) is 75.8 Å². The number of piperidine rings is 1. The van der Waals surface area contributed by atoms with Crippen LogP contribution in [0.5, 0.6) is 0 Å².